The van der Waals surface area contributed by atoms with E-state index < -0.39 is 23.7 Å². The summed E-state index contributed by atoms with van der Waals surface area (Å²) in [6, 6.07) is 0. The quantitative estimate of drug-likeness (QED) is 0.279. The molecular formula is C31H45F2NO4. The van der Waals surface area contributed by atoms with Crippen molar-refractivity contribution >= 4 is 17.7 Å². The molecule has 0 heterocycles. The van der Waals surface area contributed by atoms with Gasteiger partial charge in [-0.05, 0) is 56.8 Å². The molecule has 3 fully saturated rings. The van der Waals surface area contributed by atoms with Crippen molar-refractivity contribution in [2.24, 2.45) is 29.6 Å². The van der Waals surface area contributed by atoms with Crippen LogP contribution in [-0.4, -0.2) is 48.7 Å². The number of hydrogen-bond donors (Lipinski definition) is 0. The first-order chi connectivity index (χ1) is 18.3. The van der Waals surface area contributed by atoms with Gasteiger partial charge in [-0.1, -0.05) is 56.8 Å². The van der Waals surface area contributed by atoms with Crippen molar-refractivity contribution in [3.8, 4) is 0 Å². The number of rotatable bonds is 11. The zero-order valence-corrected chi connectivity index (χ0v) is 23.0. The molecule has 4 rings (SSSR count). The van der Waals surface area contributed by atoms with E-state index in [1.54, 1.807) is 6.08 Å². The van der Waals surface area contributed by atoms with E-state index in [1.807, 2.05) is 6.08 Å². The van der Waals surface area contributed by atoms with Crippen LogP contribution in [0.3, 0.4) is 0 Å². The molecule has 0 saturated heterocycles. The average molecular weight is 534 g/mol. The molecule has 212 valence electrons. The molecule has 0 spiro atoms. The number of ether oxygens (including phenoxy) is 1. The molecule has 1 amide bonds. The first-order valence-electron chi connectivity index (χ1n) is 14.9. The summed E-state index contributed by atoms with van der Waals surface area (Å²) in [5, 5.41) is 0. The summed E-state index contributed by atoms with van der Waals surface area (Å²) in [5.74, 6) is -2.96. The second kappa shape index (κ2) is 13.3. The maximum atomic E-state index is 15.0. The standard InChI is InChI=1S/C31H45F2NO4/c1-38-30(37)21-34(20-25-10-4-5-13-27(25)31(32,33)26-18-19-26)29(36)15-7-14-28(35)24-12-6-11-22-8-2-3-9-23(22)16-17-24/h4-5,13,22-26H,2-3,6-12,14-21H2,1H3/t22?,23?,24-,25?/m0/s1. The average Bonchev–Trinajstić information content (AvgIpc) is 3.75. The molecule has 5 nitrogen and oxygen atoms in total. The van der Waals surface area contributed by atoms with Crippen molar-refractivity contribution in [2.45, 2.75) is 102 Å². The van der Waals surface area contributed by atoms with E-state index in [1.165, 1.54) is 50.2 Å². The fraction of sp³-hybridized carbons (Fsp3) is 0.774. The number of Topliss-reactive ketones (excluding diaryl/α,β-unsaturated/α-hetero) is 1. The number of amides is 1. The summed E-state index contributed by atoms with van der Waals surface area (Å²) in [5.41, 5.74) is 0.0600. The lowest BCUT2D eigenvalue weighted by Crippen LogP contribution is -2.42. The number of ketones is 1. The molecule has 7 heteroatoms. The molecule has 0 N–H and O–H groups in total. The van der Waals surface area contributed by atoms with Crippen LogP contribution in [-0.2, 0) is 19.1 Å². The van der Waals surface area contributed by atoms with Crippen LogP contribution in [0, 0.1) is 29.6 Å². The van der Waals surface area contributed by atoms with E-state index in [-0.39, 0.29) is 42.7 Å². The van der Waals surface area contributed by atoms with Gasteiger partial charge in [0, 0.05) is 42.7 Å². The lowest BCUT2D eigenvalue weighted by atomic mass is 9.71. The molecule has 0 aliphatic heterocycles. The molecule has 0 aromatic carbocycles. The number of esters is 1. The number of methoxy groups -OCH3 is 1. The van der Waals surface area contributed by atoms with Crippen molar-refractivity contribution in [3.63, 3.8) is 0 Å². The smallest absolute Gasteiger partial charge is 0.325 e. The number of hydrogen-bond acceptors (Lipinski definition) is 4. The second-order valence-electron chi connectivity index (χ2n) is 12.1. The Labute approximate surface area is 226 Å². The SMILES string of the molecule is COC(=O)CN(CC1CC=CC=C1C(F)(F)C1CC1)C(=O)CCCC(=O)[C@H]1CCCC2CCCCC2CC1. The predicted molar refractivity (Wildman–Crippen MR) is 142 cm³/mol. The van der Waals surface area contributed by atoms with E-state index in [0.29, 0.717) is 32.1 Å². The Kier molecular flexibility index (Phi) is 10.2. The Morgan fingerprint density at radius 2 is 1.66 bits per heavy atom. The van der Waals surface area contributed by atoms with Gasteiger partial charge in [0.15, 0.2) is 0 Å². The normalized spacial score (nSPS) is 27.9. The highest BCUT2D eigenvalue weighted by atomic mass is 19.3. The van der Waals surface area contributed by atoms with Gasteiger partial charge in [0.25, 0.3) is 5.92 Å². The highest BCUT2D eigenvalue weighted by Gasteiger charge is 2.51. The minimum atomic E-state index is -2.89. The fourth-order valence-electron chi connectivity index (χ4n) is 6.98. The first kappa shape index (κ1) is 28.9. The van der Waals surface area contributed by atoms with Gasteiger partial charge < -0.3 is 9.64 Å². The predicted octanol–water partition coefficient (Wildman–Crippen LogP) is 6.66. The third-order valence-electron chi connectivity index (χ3n) is 9.44. The number of allylic oxidation sites excluding steroid dienone is 3. The topological polar surface area (TPSA) is 63.7 Å². The molecule has 0 aromatic heterocycles. The van der Waals surface area contributed by atoms with E-state index in [9.17, 15) is 14.4 Å². The molecule has 4 aliphatic carbocycles. The van der Waals surface area contributed by atoms with Crippen LogP contribution in [0.25, 0.3) is 0 Å². The van der Waals surface area contributed by atoms with Crippen molar-refractivity contribution in [1.82, 2.24) is 4.90 Å². The van der Waals surface area contributed by atoms with E-state index >= 15 is 8.78 Å². The number of carbonyl (C=O) groups is 3. The number of fused-ring (bicyclic) bond motifs is 1. The molecule has 3 saturated carbocycles. The molecule has 4 atom stereocenters. The number of nitrogens with zero attached hydrogens (tertiary/aromatic N) is 1. The van der Waals surface area contributed by atoms with E-state index in [4.69, 9.17) is 4.74 Å². The Balaban J connectivity index is 1.30. The highest BCUT2D eigenvalue weighted by molar-refractivity contribution is 5.84. The van der Waals surface area contributed by atoms with Crippen LogP contribution in [0.5, 0.6) is 0 Å². The zero-order valence-electron chi connectivity index (χ0n) is 23.0. The summed E-state index contributed by atoms with van der Waals surface area (Å²) >= 11 is 0. The van der Waals surface area contributed by atoms with Gasteiger partial charge in [0.2, 0.25) is 5.91 Å². The Morgan fingerprint density at radius 1 is 0.947 bits per heavy atom. The Bertz CT molecular complexity index is 910. The minimum absolute atomic E-state index is 0.0472. The molecule has 0 aromatic rings. The number of halogens is 2. The molecule has 38 heavy (non-hydrogen) atoms. The van der Waals surface area contributed by atoms with Crippen LogP contribution in [0.2, 0.25) is 0 Å². The van der Waals surface area contributed by atoms with Gasteiger partial charge in [-0.25, -0.2) is 8.78 Å². The van der Waals surface area contributed by atoms with E-state index in [0.717, 1.165) is 37.5 Å². The fourth-order valence-corrected chi connectivity index (χ4v) is 6.98. The second-order valence-corrected chi connectivity index (χ2v) is 12.1. The van der Waals surface area contributed by atoms with Crippen molar-refractivity contribution < 1.29 is 27.9 Å². The van der Waals surface area contributed by atoms with Crippen LogP contribution in [0.4, 0.5) is 8.78 Å². The Hall–Kier alpha value is -2.05. The first-order valence-corrected chi connectivity index (χ1v) is 14.9. The summed E-state index contributed by atoms with van der Waals surface area (Å²) in [6.07, 6.45) is 18.0. The molecular weight excluding hydrogens is 488 g/mol. The van der Waals surface area contributed by atoms with Crippen LogP contribution >= 0.6 is 0 Å². The van der Waals surface area contributed by atoms with E-state index in [2.05, 4.69) is 0 Å². The third kappa shape index (κ3) is 7.53. The Morgan fingerprint density at radius 3 is 2.37 bits per heavy atom. The van der Waals surface area contributed by atoms with Gasteiger partial charge in [-0.15, -0.1) is 0 Å². The maximum Gasteiger partial charge on any atom is 0.325 e. The van der Waals surface area contributed by atoms with Gasteiger partial charge in [0.1, 0.15) is 12.3 Å². The maximum absolute atomic E-state index is 15.0. The summed E-state index contributed by atoms with van der Waals surface area (Å²) in [6.45, 7) is -0.220. The minimum Gasteiger partial charge on any atom is -0.468 e. The summed E-state index contributed by atoms with van der Waals surface area (Å²) < 4.78 is 34.8. The van der Waals surface area contributed by atoms with Gasteiger partial charge in [-0.3, -0.25) is 14.4 Å². The monoisotopic (exact) mass is 533 g/mol. The lowest BCUT2D eigenvalue weighted by Gasteiger charge is -2.35. The molecule has 4 aliphatic rings. The van der Waals surface area contributed by atoms with Crippen LogP contribution in [0.1, 0.15) is 96.3 Å². The van der Waals surface area contributed by atoms with Crippen molar-refractivity contribution in [3.05, 3.63) is 23.8 Å². The van der Waals surface area contributed by atoms with Gasteiger partial charge in [0.05, 0.1) is 7.11 Å². The van der Waals surface area contributed by atoms with Crippen LogP contribution in [0.15, 0.2) is 23.8 Å². The van der Waals surface area contributed by atoms with Gasteiger partial charge in [-0.2, -0.15) is 0 Å². The summed E-state index contributed by atoms with van der Waals surface area (Å²) in [7, 11) is 1.25. The van der Waals surface area contributed by atoms with Gasteiger partial charge >= 0.3 is 5.97 Å². The largest absolute Gasteiger partial charge is 0.468 e. The number of alkyl halides is 2. The molecule has 0 bridgehead atoms. The zero-order chi connectivity index (χ0) is 27.1. The number of carbonyl (C=O) groups excluding carboxylic acids is 3. The third-order valence-corrected chi connectivity index (χ3v) is 9.44. The molecule has 3 unspecified atom stereocenters. The van der Waals surface area contributed by atoms with Crippen molar-refractivity contribution in [2.75, 3.05) is 20.2 Å². The lowest BCUT2D eigenvalue weighted by molar-refractivity contribution is -0.147. The van der Waals surface area contributed by atoms with Crippen molar-refractivity contribution in [1.29, 1.82) is 0 Å². The molecule has 0 radical (unpaired) electrons. The summed E-state index contributed by atoms with van der Waals surface area (Å²) in [4.78, 5) is 39.6. The highest BCUT2D eigenvalue weighted by Crippen LogP contribution is 2.50. The van der Waals surface area contributed by atoms with Crippen LogP contribution < -0.4 is 0 Å².